The zero-order chi connectivity index (χ0) is 24.1. The fourth-order valence-corrected chi connectivity index (χ4v) is 3.98. The summed E-state index contributed by atoms with van der Waals surface area (Å²) < 4.78 is 1.87. The van der Waals surface area contributed by atoms with Gasteiger partial charge in [-0.2, -0.15) is 0 Å². The van der Waals surface area contributed by atoms with E-state index in [4.69, 9.17) is 23.2 Å². The van der Waals surface area contributed by atoms with E-state index < -0.39 is 0 Å². The predicted octanol–water partition coefficient (Wildman–Crippen LogP) is 6.84. The van der Waals surface area contributed by atoms with Crippen LogP contribution in [-0.4, -0.2) is 20.8 Å². The molecule has 4 aromatic rings. The van der Waals surface area contributed by atoms with Gasteiger partial charge in [0.15, 0.2) is 11.6 Å². The van der Waals surface area contributed by atoms with E-state index in [-0.39, 0.29) is 12.1 Å². The lowest BCUT2D eigenvalue weighted by Crippen LogP contribution is -2.31. The molecule has 2 amide bonds. The minimum Gasteiger partial charge on any atom is -0.331 e. The fraction of sp³-hybridized carbons (Fsp3) is 0.115. The van der Waals surface area contributed by atoms with Crippen molar-refractivity contribution < 1.29 is 4.79 Å². The summed E-state index contributed by atoms with van der Waals surface area (Å²) in [5, 5.41) is 15.5. The fourth-order valence-electron chi connectivity index (χ4n) is 3.46. The van der Waals surface area contributed by atoms with Crippen LogP contribution >= 0.6 is 23.2 Å². The topological polar surface area (TPSA) is 71.8 Å². The van der Waals surface area contributed by atoms with Crippen molar-refractivity contribution in [2.24, 2.45) is 7.05 Å². The highest BCUT2D eigenvalue weighted by Gasteiger charge is 2.12. The van der Waals surface area contributed by atoms with Gasteiger partial charge in [-0.15, -0.1) is 10.2 Å². The maximum absolute atomic E-state index is 12.4. The van der Waals surface area contributed by atoms with E-state index >= 15 is 0 Å². The molecule has 3 aromatic carbocycles. The van der Waals surface area contributed by atoms with E-state index in [1.54, 1.807) is 18.2 Å². The Morgan fingerprint density at radius 2 is 1.59 bits per heavy atom. The SMILES string of the molecule is C[C@@H](NC(=O)Nc1ccc(-c2nnc(/C=C/c3c(Cl)cccc3Cl)n2C)cc1)c1ccccc1. The van der Waals surface area contributed by atoms with Crippen molar-refractivity contribution in [2.75, 3.05) is 5.32 Å². The number of benzene rings is 3. The summed E-state index contributed by atoms with van der Waals surface area (Å²) in [5.41, 5.74) is 3.31. The number of amides is 2. The molecule has 0 bridgehead atoms. The van der Waals surface area contributed by atoms with E-state index in [1.807, 2.05) is 85.3 Å². The third-order valence-electron chi connectivity index (χ3n) is 5.36. The van der Waals surface area contributed by atoms with Crippen LogP contribution < -0.4 is 10.6 Å². The molecule has 0 spiro atoms. The highest BCUT2D eigenvalue weighted by Crippen LogP contribution is 2.27. The molecule has 0 saturated heterocycles. The molecule has 4 rings (SSSR count). The maximum atomic E-state index is 12.4. The number of hydrogen-bond acceptors (Lipinski definition) is 3. The van der Waals surface area contributed by atoms with Crippen LogP contribution in [0.25, 0.3) is 23.5 Å². The van der Waals surface area contributed by atoms with Gasteiger partial charge in [0.2, 0.25) is 0 Å². The molecule has 0 aliphatic carbocycles. The van der Waals surface area contributed by atoms with Crippen LogP contribution in [0, 0.1) is 0 Å². The van der Waals surface area contributed by atoms with Crippen molar-refractivity contribution in [3.8, 4) is 11.4 Å². The summed E-state index contributed by atoms with van der Waals surface area (Å²) in [7, 11) is 1.88. The lowest BCUT2D eigenvalue weighted by atomic mass is 10.1. The molecule has 172 valence electrons. The smallest absolute Gasteiger partial charge is 0.319 e. The number of carbonyl (C=O) groups excluding carboxylic acids is 1. The number of nitrogens with zero attached hydrogens (tertiary/aromatic N) is 3. The first-order valence-corrected chi connectivity index (χ1v) is 11.4. The minimum absolute atomic E-state index is 0.105. The first-order valence-electron chi connectivity index (χ1n) is 10.7. The number of halogens is 2. The second kappa shape index (κ2) is 10.5. The highest BCUT2D eigenvalue weighted by molar-refractivity contribution is 6.37. The molecule has 1 heterocycles. The van der Waals surface area contributed by atoms with Gasteiger partial charge in [-0.1, -0.05) is 59.6 Å². The molecule has 0 unspecified atom stereocenters. The van der Waals surface area contributed by atoms with Gasteiger partial charge in [-0.25, -0.2) is 4.79 Å². The summed E-state index contributed by atoms with van der Waals surface area (Å²) in [6.45, 7) is 1.94. The van der Waals surface area contributed by atoms with Crippen LogP contribution in [0.2, 0.25) is 10.0 Å². The summed E-state index contributed by atoms with van der Waals surface area (Å²) >= 11 is 12.5. The van der Waals surface area contributed by atoms with Gasteiger partial charge in [0.25, 0.3) is 0 Å². The monoisotopic (exact) mass is 491 g/mol. The van der Waals surface area contributed by atoms with Gasteiger partial charge < -0.3 is 15.2 Å². The van der Waals surface area contributed by atoms with Gasteiger partial charge in [-0.3, -0.25) is 0 Å². The molecule has 1 atom stereocenters. The van der Waals surface area contributed by atoms with Crippen LogP contribution in [0.1, 0.15) is 29.9 Å². The quantitative estimate of drug-likeness (QED) is 0.310. The second-order valence-corrected chi connectivity index (χ2v) is 8.53. The van der Waals surface area contributed by atoms with Crippen molar-refractivity contribution in [3.05, 3.63) is 99.8 Å². The highest BCUT2D eigenvalue weighted by atomic mass is 35.5. The zero-order valence-electron chi connectivity index (χ0n) is 18.7. The lowest BCUT2D eigenvalue weighted by molar-refractivity contribution is 0.249. The Labute approximate surface area is 208 Å². The molecule has 0 aliphatic rings. The Hall–Kier alpha value is -3.61. The van der Waals surface area contributed by atoms with E-state index in [1.165, 1.54) is 0 Å². The predicted molar refractivity (Wildman–Crippen MR) is 139 cm³/mol. The van der Waals surface area contributed by atoms with E-state index in [0.29, 0.717) is 27.4 Å². The zero-order valence-corrected chi connectivity index (χ0v) is 20.2. The summed E-state index contributed by atoms with van der Waals surface area (Å²) in [6.07, 6.45) is 3.64. The number of anilines is 1. The van der Waals surface area contributed by atoms with Crippen molar-refractivity contribution in [1.82, 2.24) is 20.1 Å². The van der Waals surface area contributed by atoms with Crippen LogP contribution in [-0.2, 0) is 7.05 Å². The number of rotatable bonds is 6. The molecular weight excluding hydrogens is 469 g/mol. The molecule has 6 nitrogen and oxygen atoms in total. The molecular formula is C26H23Cl2N5O. The van der Waals surface area contributed by atoms with Gasteiger partial charge >= 0.3 is 6.03 Å². The largest absolute Gasteiger partial charge is 0.331 e. The van der Waals surface area contributed by atoms with Crippen molar-refractivity contribution in [3.63, 3.8) is 0 Å². The van der Waals surface area contributed by atoms with Crippen LogP contribution in [0.15, 0.2) is 72.8 Å². The van der Waals surface area contributed by atoms with Crippen LogP contribution in [0.4, 0.5) is 10.5 Å². The molecule has 2 N–H and O–H groups in total. The third kappa shape index (κ3) is 5.47. The van der Waals surface area contributed by atoms with Crippen LogP contribution in [0.5, 0.6) is 0 Å². The Bertz CT molecular complexity index is 1300. The van der Waals surface area contributed by atoms with Gasteiger partial charge in [0, 0.05) is 33.9 Å². The maximum Gasteiger partial charge on any atom is 0.319 e. The van der Waals surface area contributed by atoms with E-state index in [2.05, 4.69) is 20.8 Å². The van der Waals surface area contributed by atoms with Crippen molar-refractivity contribution >= 4 is 47.1 Å². The normalized spacial score (nSPS) is 12.0. The molecule has 0 fully saturated rings. The van der Waals surface area contributed by atoms with Crippen molar-refractivity contribution in [1.29, 1.82) is 0 Å². The Balaban J connectivity index is 1.42. The van der Waals surface area contributed by atoms with Gasteiger partial charge in [0.1, 0.15) is 0 Å². The summed E-state index contributed by atoms with van der Waals surface area (Å²) in [6, 6.07) is 22.2. The second-order valence-electron chi connectivity index (χ2n) is 7.72. The molecule has 34 heavy (non-hydrogen) atoms. The Morgan fingerprint density at radius 3 is 2.26 bits per heavy atom. The average molecular weight is 492 g/mol. The molecule has 0 radical (unpaired) electrons. The number of carbonyl (C=O) groups is 1. The third-order valence-corrected chi connectivity index (χ3v) is 6.01. The number of hydrogen-bond donors (Lipinski definition) is 2. The molecule has 0 saturated carbocycles. The van der Waals surface area contributed by atoms with E-state index in [9.17, 15) is 4.79 Å². The first kappa shape index (κ1) is 23.5. The molecule has 1 aromatic heterocycles. The number of urea groups is 1. The standard InChI is InChI=1S/C26H23Cl2N5O/c1-17(18-7-4-3-5-8-18)29-26(34)30-20-13-11-19(12-14-20)25-32-31-24(33(25)2)16-15-21-22(27)9-6-10-23(21)28/h3-17H,1-2H3,(H2,29,30,34)/b16-15+/t17-/m1/s1. The van der Waals surface area contributed by atoms with E-state index in [0.717, 1.165) is 16.7 Å². The summed E-state index contributed by atoms with van der Waals surface area (Å²) in [4.78, 5) is 12.4. The molecule has 0 aliphatic heterocycles. The Kier molecular flexibility index (Phi) is 7.30. The first-order chi connectivity index (χ1) is 16.4. The van der Waals surface area contributed by atoms with Gasteiger partial charge in [-0.05, 0) is 61.0 Å². The lowest BCUT2D eigenvalue weighted by Gasteiger charge is -2.15. The van der Waals surface area contributed by atoms with Crippen LogP contribution in [0.3, 0.4) is 0 Å². The Morgan fingerprint density at radius 1 is 0.912 bits per heavy atom. The number of nitrogens with one attached hydrogen (secondary N) is 2. The minimum atomic E-state index is -0.270. The van der Waals surface area contributed by atoms with Crippen molar-refractivity contribution in [2.45, 2.75) is 13.0 Å². The summed E-state index contributed by atoms with van der Waals surface area (Å²) in [5.74, 6) is 1.35. The average Bonchev–Trinajstić information content (AvgIpc) is 3.20. The molecule has 8 heteroatoms. The number of aromatic nitrogens is 3. The van der Waals surface area contributed by atoms with Gasteiger partial charge in [0.05, 0.1) is 6.04 Å².